The molecular weight excluding hydrogens is 889 g/mol. The molecular formula is C66H104O6. The van der Waals surface area contributed by atoms with Crippen molar-refractivity contribution < 1.29 is 28.6 Å². The molecule has 0 aliphatic heterocycles. The normalized spacial score (nSPS) is 13.2. The van der Waals surface area contributed by atoms with Crippen LogP contribution in [0, 0.1) is 0 Å². The van der Waals surface area contributed by atoms with Gasteiger partial charge >= 0.3 is 17.9 Å². The summed E-state index contributed by atoms with van der Waals surface area (Å²) in [5.41, 5.74) is 0. The van der Waals surface area contributed by atoms with Gasteiger partial charge in [0, 0.05) is 19.3 Å². The van der Waals surface area contributed by atoms with Crippen molar-refractivity contribution in [1.82, 2.24) is 0 Å². The lowest BCUT2D eigenvalue weighted by Gasteiger charge is -2.18. The highest BCUT2D eigenvalue weighted by molar-refractivity contribution is 5.71. The lowest BCUT2D eigenvalue weighted by atomic mass is 10.1. The third kappa shape index (κ3) is 56.2. The molecule has 0 aliphatic carbocycles. The van der Waals surface area contributed by atoms with Crippen molar-refractivity contribution >= 4 is 17.9 Å². The summed E-state index contributed by atoms with van der Waals surface area (Å²) >= 11 is 0. The Balaban J connectivity index is 4.55. The summed E-state index contributed by atoms with van der Waals surface area (Å²) in [6, 6.07) is 0. The Kier molecular flexibility index (Phi) is 55.0. The largest absolute Gasteiger partial charge is 0.462 e. The molecule has 0 radical (unpaired) electrons. The van der Waals surface area contributed by atoms with Crippen LogP contribution in [0.1, 0.15) is 233 Å². The van der Waals surface area contributed by atoms with Crippen LogP contribution in [0.5, 0.6) is 0 Å². The van der Waals surface area contributed by atoms with E-state index >= 15 is 0 Å². The molecule has 0 aliphatic rings. The van der Waals surface area contributed by atoms with Gasteiger partial charge in [0.2, 0.25) is 0 Å². The van der Waals surface area contributed by atoms with Gasteiger partial charge in [-0.25, -0.2) is 0 Å². The first-order valence-electron chi connectivity index (χ1n) is 28.8. The Bertz CT molecular complexity index is 1610. The maximum Gasteiger partial charge on any atom is 0.306 e. The van der Waals surface area contributed by atoms with Gasteiger partial charge in [0.1, 0.15) is 13.2 Å². The Morgan fingerprint density at radius 2 is 0.556 bits per heavy atom. The summed E-state index contributed by atoms with van der Waals surface area (Å²) in [4.78, 5) is 38.2. The maximum absolute atomic E-state index is 12.9. The molecule has 6 heteroatoms. The van der Waals surface area contributed by atoms with E-state index in [-0.39, 0.29) is 44.0 Å². The van der Waals surface area contributed by atoms with Crippen molar-refractivity contribution in [1.29, 1.82) is 0 Å². The number of esters is 3. The van der Waals surface area contributed by atoms with Crippen LogP contribution in [0.25, 0.3) is 0 Å². The van der Waals surface area contributed by atoms with Gasteiger partial charge in [-0.2, -0.15) is 0 Å². The monoisotopic (exact) mass is 993 g/mol. The first-order valence-corrected chi connectivity index (χ1v) is 28.8. The van der Waals surface area contributed by atoms with Gasteiger partial charge in [0.05, 0.1) is 0 Å². The average Bonchev–Trinajstić information content (AvgIpc) is 3.38. The van der Waals surface area contributed by atoms with E-state index in [2.05, 4.69) is 167 Å². The zero-order chi connectivity index (χ0) is 52.2. The van der Waals surface area contributed by atoms with E-state index in [1.54, 1.807) is 0 Å². The van der Waals surface area contributed by atoms with Crippen LogP contribution in [0.3, 0.4) is 0 Å². The first-order chi connectivity index (χ1) is 35.5. The molecule has 0 N–H and O–H groups in total. The van der Waals surface area contributed by atoms with Gasteiger partial charge in [-0.15, -0.1) is 0 Å². The van der Waals surface area contributed by atoms with E-state index in [9.17, 15) is 14.4 Å². The molecule has 0 heterocycles. The quantitative estimate of drug-likeness (QED) is 0.0261. The number of allylic oxidation sites excluding steroid dienone is 24. The Morgan fingerprint density at radius 3 is 0.903 bits per heavy atom. The van der Waals surface area contributed by atoms with E-state index in [4.69, 9.17) is 14.2 Å². The lowest BCUT2D eigenvalue weighted by molar-refractivity contribution is -0.167. The molecule has 72 heavy (non-hydrogen) atoms. The third-order valence-electron chi connectivity index (χ3n) is 11.6. The lowest BCUT2D eigenvalue weighted by Crippen LogP contribution is -2.30. The standard InChI is InChI=1S/C66H104O6/c1-4-7-10-13-16-19-22-25-28-30-31-32-33-34-35-36-39-41-44-47-50-53-56-59-65(68)71-62-63(61-70-64(67)58-55-52-49-46-43-40-37-27-24-21-18-15-12-9-6-3)72-66(69)60-57-54-51-48-45-42-38-29-26-23-20-17-14-11-8-5-2/h7,9-10,12,16,18-21,23,25,27-29,31-32,34-35,37-39,41,47,50,63H,4-6,8,11,13-15,17,22,24,26,30,33,36,40,42-46,48-49,51-62H2,1-3H3/b10-7-,12-9-,19-16-,21-18-,23-20-,28-25-,32-31-,35-34-,37-27-,38-29-,41-39-,50-47-. The fraction of sp³-hybridized carbons (Fsp3) is 0.591. The Labute approximate surface area is 442 Å². The van der Waals surface area contributed by atoms with Crippen LogP contribution in [0.2, 0.25) is 0 Å². The fourth-order valence-corrected chi connectivity index (χ4v) is 7.30. The molecule has 0 amide bonds. The topological polar surface area (TPSA) is 78.9 Å². The zero-order valence-corrected chi connectivity index (χ0v) is 46.1. The van der Waals surface area contributed by atoms with Gasteiger partial charge < -0.3 is 14.2 Å². The molecule has 1 unspecified atom stereocenters. The van der Waals surface area contributed by atoms with Crippen molar-refractivity contribution in [2.45, 2.75) is 239 Å². The minimum atomic E-state index is -0.823. The smallest absolute Gasteiger partial charge is 0.306 e. The van der Waals surface area contributed by atoms with Crippen LogP contribution < -0.4 is 0 Å². The number of unbranched alkanes of at least 4 members (excludes halogenated alkanes) is 15. The molecule has 0 saturated heterocycles. The molecule has 6 nitrogen and oxygen atoms in total. The molecule has 1 atom stereocenters. The van der Waals surface area contributed by atoms with E-state index in [0.29, 0.717) is 12.8 Å². The van der Waals surface area contributed by atoms with Crippen LogP contribution >= 0.6 is 0 Å². The van der Waals surface area contributed by atoms with Crippen molar-refractivity contribution in [2.24, 2.45) is 0 Å². The summed E-state index contributed by atoms with van der Waals surface area (Å²) in [7, 11) is 0. The highest BCUT2D eigenvalue weighted by Crippen LogP contribution is 2.13. The molecule has 0 aromatic rings. The Morgan fingerprint density at radius 1 is 0.292 bits per heavy atom. The van der Waals surface area contributed by atoms with E-state index < -0.39 is 6.10 Å². The molecule has 404 valence electrons. The van der Waals surface area contributed by atoms with Crippen molar-refractivity contribution in [3.63, 3.8) is 0 Å². The molecule has 0 spiro atoms. The van der Waals surface area contributed by atoms with Crippen LogP contribution in [-0.4, -0.2) is 37.2 Å². The van der Waals surface area contributed by atoms with Crippen molar-refractivity contribution in [2.75, 3.05) is 13.2 Å². The predicted molar refractivity (Wildman–Crippen MR) is 311 cm³/mol. The SMILES string of the molecule is CC/C=C\C/C=C\C/C=C\C/C=C\C/C=C\C/C=C\C/C=C\CCCC(=O)OCC(COC(=O)CCCCCCC/C=C\C/C=C\C/C=C\CC)OC(=O)CCCCCCC/C=C\C/C=C\CCCCCC. The molecule has 0 aromatic carbocycles. The first kappa shape index (κ1) is 67.3. The number of carbonyl (C=O) groups excluding carboxylic acids is 3. The van der Waals surface area contributed by atoms with Gasteiger partial charge in [-0.3, -0.25) is 14.4 Å². The fourth-order valence-electron chi connectivity index (χ4n) is 7.30. The number of hydrogen-bond donors (Lipinski definition) is 0. The van der Waals surface area contributed by atoms with Crippen LogP contribution in [0.15, 0.2) is 146 Å². The second-order valence-electron chi connectivity index (χ2n) is 18.4. The van der Waals surface area contributed by atoms with Crippen molar-refractivity contribution in [3.8, 4) is 0 Å². The minimum Gasteiger partial charge on any atom is -0.462 e. The van der Waals surface area contributed by atoms with E-state index in [0.717, 1.165) is 154 Å². The summed E-state index contributed by atoms with van der Waals surface area (Å²) in [5.74, 6) is -1.01. The number of ether oxygens (including phenoxy) is 3. The van der Waals surface area contributed by atoms with Crippen LogP contribution in [-0.2, 0) is 28.6 Å². The molecule has 0 rings (SSSR count). The summed E-state index contributed by atoms with van der Waals surface area (Å²) < 4.78 is 16.8. The zero-order valence-electron chi connectivity index (χ0n) is 46.1. The second-order valence-corrected chi connectivity index (χ2v) is 18.4. The van der Waals surface area contributed by atoms with Gasteiger partial charge in [-0.05, 0) is 135 Å². The predicted octanol–water partition coefficient (Wildman–Crippen LogP) is 19.6. The summed E-state index contributed by atoms with van der Waals surface area (Å²) in [6.45, 7) is 6.31. The van der Waals surface area contributed by atoms with E-state index in [1.165, 1.54) is 32.1 Å². The molecule has 0 fully saturated rings. The van der Waals surface area contributed by atoms with Gasteiger partial charge in [-0.1, -0.05) is 224 Å². The van der Waals surface area contributed by atoms with Gasteiger partial charge in [0.15, 0.2) is 6.10 Å². The molecule has 0 bridgehead atoms. The minimum absolute atomic E-state index is 0.117. The highest BCUT2D eigenvalue weighted by atomic mass is 16.6. The number of hydrogen-bond acceptors (Lipinski definition) is 6. The molecule has 0 aromatic heterocycles. The highest BCUT2D eigenvalue weighted by Gasteiger charge is 2.19. The van der Waals surface area contributed by atoms with Gasteiger partial charge in [0.25, 0.3) is 0 Å². The third-order valence-corrected chi connectivity index (χ3v) is 11.6. The van der Waals surface area contributed by atoms with Crippen molar-refractivity contribution in [3.05, 3.63) is 146 Å². The summed E-state index contributed by atoms with van der Waals surface area (Å²) in [6.07, 6.45) is 84.1. The maximum atomic E-state index is 12.9. The van der Waals surface area contributed by atoms with E-state index in [1.807, 2.05) is 0 Å². The van der Waals surface area contributed by atoms with Crippen LogP contribution in [0.4, 0.5) is 0 Å². The summed E-state index contributed by atoms with van der Waals surface area (Å²) in [5, 5.41) is 0. The second kappa shape index (κ2) is 58.9. The molecule has 0 saturated carbocycles. The Hall–Kier alpha value is -4.71. The number of rotatable bonds is 50. The average molecular weight is 994 g/mol. The number of carbonyl (C=O) groups is 3.